The van der Waals surface area contributed by atoms with Crippen molar-refractivity contribution >= 4 is 11.3 Å². The quantitative estimate of drug-likeness (QED) is 0.770. The number of hydrogen-bond acceptors (Lipinski definition) is 2. The van der Waals surface area contributed by atoms with Crippen molar-refractivity contribution in [3.8, 4) is 10.6 Å². The van der Waals surface area contributed by atoms with Crippen LogP contribution in [-0.4, -0.2) is 4.98 Å². The Labute approximate surface area is 107 Å². The minimum Gasteiger partial charge on any atom is -0.245 e. The zero-order valence-corrected chi connectivity index (χ0v) is 10.8. The summed E-state index contributed by atoms with van der Waals surface area (Å²) in [5.41, 5.74) is 5.49. The Kier molecular flexibility index (Phi) is 2.98. The Hall–Kier alpha value is -1.15. The van der Waals surface area contributed by atoms with Crippen LogP contribution in [0.4, 0.5) is 0 Å². The number of nitrogens with zero attached hydrogens (tertiary/aromatic N) is 1. The molecule has 0 saturated heterocycles. The molecule has 2 heteroatoms. The van der Waals surface area contributed by atoms with E-state index in [0.29, 0.717) is 0 Å². The highest BCUT2D eigenvalue weighted by atomic mass is 32.1. The van der Waals surface area contributed by atoms with Gasteiger partial charge in [0.05, 0.1) is 0 Å². The van der Waals surface area contributed by atoms with Crippen molar-refractivity contribution in [2.24, 2.45) is 0 Å². The van der Waals surface area contributed by atoms with Crippen LogP contribution in [0.3, 0.4) is 0 Å². The molecule has 0 fully saturated rings. The topological polar surface area (TPSA) is 12.9 Å². The van der Waals surface area contributed by atoms with Crippen molar-refractivity contribution in [1.29, 1.82) is 0 Å². The second-order valence-corrected chi connectivity index (χ2v) is 5.29. The molecule has 0 saturated carbocycles. The van der Waals surface area contributed by atoms with Crippen molar-refractivity contribution in [1.82, 2.24) is 4.98 Å². The van der Waals surface area contributed by atoms with Crippen LogP contribution in [0, 0.1) is 6.42 Å². The van der Waals surface area contributed by atoms with Crippen LogP contribution < -0.4 is 0 Å². The lowest BCUT2D eigenvalue weighted by atomic mass is 9.86. The van der Waals surface area contributed by atoms with Crippen LogP contribution in [0.15, 0.2) is 23.7 Å². The maximum Gasteiger partial charge on any atom is 0.123 e. The van der Waals surface area contributed by atoms with Crippen LogP contribution in [0.1, 0.15) is 36.5 Å². The lowest BCUT2D eigenvalue weighted by molar-refractivity contribution is 0.775. The monoisotopic (exact) mass is 241 g/mol. The molecule has 3 rings (SSSR count). The average molecular weight is 241 g/mol. The molecule has 0 unspecified atom stereocenters. The summed E-state index contributed by atoms with van der Waals surface area (Å²) in [7, 11) is 0. The first-order chi connectivity index (χ1) is 8.38. The molecule has 1 aromatic heterocycles. The summed E-state index contributed by atoms with van der Waals surface area (Å²) < 4.78 is 0. The van der Waals surface area contributed by atoms with Gasteiger partial charge in [0.15, 0.2) is 0 Å². The van der Waals surface area contributed by atoms with Gasteiger partial charge in [0.1, 0.15) is 5.01 Å². The van der Waals surface area contributed by atoms with E-state index in [2.05, 4.69) is 35.8 Å². The van der Waals surface area contributed by atoms with Gasteiger partial charge in [-0.2, -0.15) is 0 Å². The van der Waals surface area contributed by atoms with Crippen LogP contribution in [0.25, 0.3) is 10.6 Å². The molecule has 2 radical (unpaired) electrons. The van der Waals surface area contributed by atoms with Gasteiger partial charge in [-0.3, -0.25) is 0 Å². The largest absolute Gasteiger partial charge is 0.245 e. The molecule has 17 heavy (non-hydrogen) atoms. The minimum atomic E-state index is 1.08. The van der Waals surface area contributed by atoms with Gasteiger partial charge >= 0.3 is 0 Å². The highest BCUT2D eigenvalue weighted by Crippen LogP contribution is 2.34. The van der Waals surface area contributed by atoms with Gasteiger partial charge in [-0.25, -0.2) is 4.98 Å². The molecule has 1 aliphatic rings. The Morgan fingerprint density at radius 3 is 3.12 bits per heavy atom. The van der Waals surface area contributed by atoms with Crippen LogP contribution in [0.2, 0.25) is 0 Å². The molecular weight excluding hydrogens is 226 g/mol. The number of aryl methyl sites for hydroxylation is 1. The zero-order valence-electron chi connectivity index (χ0n) is 9.99. The molecule has 2 aromatic rings. The van der Waals surface area contributed by atoms with E-state index in [-0.39, 0.29) is 0 Å². The third-order valence-corrected chi connectivity index (χ3v) is 4.11. The summed E-state index contributed by atoms with van der Waals surface area (Å²) in [4.78, 5) is 4.46. The van der Waals surface area contributed by atoms with Gasteiger partial charge in [0, 0.05) is 23.6 Å². The molecule has 1 aliphatic carbocycles. The molecular formula is C15H15NS. The maximum atomic E-state index is 4.46. The summed E-state index contributed by atoms with van der Waals surface area (Å²) in [6.45, 7) is 2.20. The molecule has 1 aromatic carbocycles. The van der Waals surface area contributed by atoms with E-state index in [9.17, 15) is 0 Å². The van der Waals surface area contributed by atoms with Crippen LogP contribution in [-0.2, 0) is 12.8 Å². The molecule has 1 heterocycles. The van der Waals surface area contributed by atoms with Crippen molar-refractivity contribution < 1.29 is 0 Å². The van der Waals surface area contributed by atoms with Crippen LogP contribution in [0.5, 0.6) is 0 Å². The van der Waals surface area contributed by atoms with Gasteiger partial charge in [0.2, 0.25) is 0 Å². The summed E-state index contributed by atoms with van der Waals surface area (Å²) in [6.07, 6.45) is 9.97. The zero-order chi connectivity index (χ0) is 11.7. The first kappa shape index (κ1) is 11.0. The summed E-state index contributed by atoms with van der Waals surface area (Å²) in [5.74, 6) is 0. The normalized spacial score (nSPS) is 14.6. The number of thiazole rings is 1. The Balaban J connectivity index is 2.18. The van der Waals surface area contributed by atoms with E-state index < -0.39 is 0 Å². The highest BCUT2D eigenvalue weighted by molar-refractivity contribution is 7.13. The van der Waals surface area contributed by atoms with E-state index in [1.807, 2.05) is 6.20 Å². The lowest BCUT2D eigenvalue weighted by Crippen LogP contribution is -2.04. The van der Waals surface area contributed by atoms with E-state index >= 15 is 0 Å². The number of fused-ring (bicyclic) bond motifs is 1. The van der Waals surface area contributed by atoms with E-state index in [0.717, 1.165) is 17.8 Å². The average Bonchev–Trinajstić information content (AvgIpc) is 2.91. The number of benzene rings is 1. The first-order valence-electron chi connectivity index (χ1n) is 6.18. The second-order valence-electron chi connectivity index (χ2n) is 4.39. The van der Waals surface area contributed by atoms with Gasteiger partial charge in [-0.15, -0.1) is 11.3 Å². The fourth-order valence-corrected chi connectivity index (χ4v) is 3.08. The Bertz CT molecular complexity index is 514. The summed E-state index contributed by atoms with van der Waals surface area (Å²) in [5, 5.41) is 3.21. The minimum absolute atomic E-state index is 1.08. The Morgan fingerprint density at radius 1 is 1.41 bits per heavy atom. The summed E-state index contributed by atoms with van der Waals surface area (Å²) >= 11 is 1.73. The molecule has 0 spiro atoms. The van der Waals surface area contributed by atoms with Gasteiger partial charge in [-0.05, 0) is 48.4 Å². The predicted octanol–water partition coefficient (Wildman–Crippen LogP) is 4.14. The molecule has 0 aliphatic heterocycles. The van der Waals surface area contributed by atoms with Gasteiger partial charge in [-0.1, -0.05) is 13.0 Å². The Morgan fingerprint density at radius 2 is 2.35 bits per heavy atom. The van der Waals surface area contributed by atoms with E-state index in [1.54, 1.807) is 11.3 Å². The number of hydrogen-bond donors (Lipinski definition) is 0. The molecule has 0 N–H and O–H groups in total. The second kappa shape index (κ2) is 4.61. The lowest BCUT2D eigenvalue weighted by Gasteiger charge is -2.19. The maximum absolute atomic E-state index is 4.46. The van der Waals surface area contributed by atoms with E-state index in [4.69, 9.17) is 0 Å². The number of rotatable bonds is 2. The van der Waals surface area contributed by atoms with Gasteiger partial charge in [0.25, 0.3) is 0 Å². The van der Waals surface area contributed by atoms with Crippen molar-refractivity contribution in [2.75, 3.05) is 0 Å². The predicted molar refractivity (Wildman–Crippen MR) is 72.2 cm³/mol. The molecule has 0 bridgehead atoms. The van der Waals surface area contributed by atoms with Crippen molar-refractivity contribution in [3.05, 3.63) is 46.8 Å². The van der Waals surface area contributed by atoms with Gasteiger partial charge < -0.3 is 0 Å². The SMILES string of the molecule is CCc1cc2c(c(-c3nccs3)c1)CCC[C]2. The smallest absolute Gasteiger partial charge is 0.123 e. The fourth-order valence-electron chi connectivity index (χ4n) is 2.40. The molecule has 1 nitrogen and oxygen atoms in total. The molecule has 0 atom stereocenters. The standard InChI is InChI=1S/C15H15NS/c1-2-11-9-12-5-3-4-6-13(12)14(10-11)15-16-7-8-17-15/h7-10H,2-4,6H2,1H3. The van der Waals surface area contributed by atoms with E-state index in [1.165, 1.54) is 35.1 Å². The third kappa shape index (κ3) is 2.02. The molecule has 0 amide bonds. The molecule has 86 valence electrons. The summed E-state index contributed by atoms with van der Waals surface area (Å²) in [6, 6.07) is 4.61. The highest BCUT2D eigenvalue weighted by Gasteiger charge is 2.17. The van der Waals surface area contributed by atoms with Crippen LogP contribution >= 0.6 is 11.3 Å². The first-order valence-corrected chi connectivity index (χ1v) is 7.06. The third-order valence-electron chi connectivity index (χ3n) is 3.30. The van der Waals surface area contributed by atoms with Crippen molar-refractivity contribution in [3.63, 3.8) is 0 Å². The number of aromatic nitrogens is 1. The van der Waals surface area contributed by atoms with Crippen molar-refractivity contribution in [2.45, 2.75) is 32.6 Å². The fraction of sp³-hybridized carbons (Fsp3) is 0.333.